The second-order valence-electron chi connectivity index (χ2n) is 6.85. The van der Waals surface area contributed by atoms with Crippen molar-refractivity contribution >= 4 is 5.91 Å². The van der Waals surface area contributed by atoms with E-state index in [-0.39, 0.29) is 11.7 Å². The molecule has 0 N–H and O–H groups in total. The zero-order chi connectivity index (χ0) is 17.6. The Balaban J connectivity index is 1.54. The lowest BCUT2D eigenvalue weighted by molar-refractivity contribution is 0.0658. The molecule has 0 aliphatic carbocycles. The maximum Gasteiger partial charge on any atom is 0.276 e. The third kappa shape index (κ3) is 4.68. The molecule has 25 heavy (non-hydrogen) atoms. The molecule has 2 aromatic rings. The molecule has 4 nitrogen and oxygen atoms in total. The molecule has 0 spiro atoms. The van der Waals surface area contributed by atoms with Crippen molar-refractivity contribution in [3.05, 3.63) is 53.2 Å². The van der Waals surface area contributed by atoms with Crippen molar-refractivity contribution in [1.29, 1.82) is 0 Å². The second-order valence-corrected chi connectivity index (χ2v) is 6.85. The lowest BCUT2D eigenvalue weighted by Gasteiger charge is -2.32. The van der Waals surface area contributed by atoms with Gasteiger partial charge < -0.3 is 9.42 Å². The number of rotatable bonds is 6. The lowest BCUT2D eigenvalue weighted by Crippen LogP contribution is -2.40. The first-order valence-corrected chi connectivity index (χ1v) is 9.15. The standard InChI is InChI=1S/C20H25FN2O2/c1-2-4-18-13-19(22-25-18)20(24)23-12-3-5-16(14-23)7-6-15-8-10-17(21)11-9-15/h8-11,13,16H,2-7,12,14H2,1H3. The normalized spacial score (nSPS) is 17.7. The lowest BCUT2D eigenvalue weighted by atomic mass is 9.91. The van der Waals surface area contributed by atoms with E-state index < -0.39 is 0 Å². The van der Waals surface area contributed by atoms with Crippen LogP contribution in [0, 0.1) is 11.7 Å². The van der Waals surface area contributed by atoms with Gasteiger partial charge in [0.2, 0.25) is 0 Å². The van der Waals surface area contributed by atoms with E-state index in [1.165, 1.54) is 12.1 Å². The quantitative estimate of drug-likeness (QED) is 0.787. The number of likely N-dealkylation sites (tertiary alicyclic amines) is 1. The third-order valence-corrected chi connectivity index (χ3v) is 4.84. The Morgan fingerprint density at radius 2 is 2.12 bits per heavy atom. The van der Waals surface area contributed by atoms with Gasteiger partial charge in [0.15, 0.2) is 5.69 Å². The molecule has 1 saturated heterocycles. The highest BCUT2D eigenvalue weighted by Gasteiger charge is 2.26. The van der Waals surface area contributed by atoms with Crippen LogP contribution in [-0.4, -0.2) is 29.1 Å². The first kappa shape index (κ1) is 17.6. The number of carbonyl (C=O) groups is 1. The van der Waals surface area contributed by atoms with Gasteiger partial charge in [-0.25, -0.2) is 4.39 Å². The second kappa shape index (κ2) is 8.28. The van der Waals surface area contributed by atoms with Gasteiger partial charge >= 0.3 is 0 Å². The minimum atomic E-state index is -0.201. The number of amides is 1. The summed E-state index contributed by atoms with van der Waals surface area (Å²) in [5.74, 6) is 1.02. The fourth-order valence-electron chi connectivity index (χ4n) is 3.45. The SMILES string of the molecule is CCCc1cc(C(=O)N2CCCC(CCc3ccc(F)cc3)C2)no1. The summed E-state index contributed by atoms with van der Waals surface area (Å²) < 4.78 is 18.2. The average molecular weight is 344 g/mol. The topological polar surface area (TPSA) is 46.3 Å². The van der Waals surface area contributed by atoms with Crippen molar-refractivity contribution in [1.82, 2.24) is 10.1 Å². The number of aryl methyl sites for hydroxylation is 2. The molecular formula is C20H25FN2O2. The van der Waals surface area contributed by atoms with Crippen LogP contribution in [0.5, 0.6) is 0 Å². The Hall–Kier alpha value is -2.17. The van der Waals surface area contributed by atoms with E-state index in [0.717, 1.165) is 62.9 Å². The molecule has 3 rings (SSSR count). The number of halogens is 1. The van der Waals surface area contributed by atoms with E-state index in [4.69, 9.17) is 4.52 Å². The van der Waals surface area contributed by atoms with E-state index in [9.17, 15) is 9.18 Å². The van der Waals surface area contributed by atoms with Crippen LogP contribution in [0.15, 0.2) is 34.9 Å². The van der Waals surface area contributed by atoms with Crippen molar-refractivity contribution in [2.75, 3.05) is 13.1 Å². The minimum Gasteiger partial charge on any atom is -0.361 e. The highest BCUT2D eigenvalue weighted by Crippen LogP contribution is 2.23. The van der Waals surface area contributed by atoms with E-state index in [1.807, 2.05) is 17.0 Å². The van der Waals surface area contributed by atoms with E-state index in [1.54, 1.807) is 6.07 Å². The third-order valence-electron chi connectivity index (χ3n) is 4.84. The Morgan fingerprint density at radius 1 is 1.32 bits per heavy atom. The van der Waals surface area contributed by atoms with Crippen LogP contribution in [0.4, 0.5) is 4.39 Å². The molecule has 1 aliphatic rings. The van der Waals surface area contributed by atoms with Crippen LogP contribution in [0.3, 0.4) is 0 Å². The molecule has 0 saturated carbocycles. The number of hydrogen-bond donors (Lipinski definition) is 0. The smallest absolute Gasteiger partial charge is 0.276 e. The van der Waals surface area contributed by atoms with Gasteiger partial charge in [-0.15, -0.1) is 0 Å². The highest BCUT2D eigenvalue weighted by atomic mass is 19.1. The predicted molar refractivity (Wildman–Crippen MR) is 93.8 cm³/mol. The molecule has 1 aliphatic heterocycles. The Kier molecular flexibility index (Phi) is 5.84. The van der Waals surface area contributed by atoms with Crippen molar-refractivity contribution in [3.8, 4) is 0 Å². The Bertz CT molecular complexity index is 696. The molecule has 1 amide bonds. The predicted octanol–water partition coefficient (Wildman–Crippen LogP) is 4.25. The van der Waals surface area contributed by atoms with E-state index in [2.05, 4.69) is 12.1 Å². The van der Waals surface area contributed by atoms with Gasteiger partial charge in [-0.1, -0.05) is 24.2 Å². The summed E-state index contributed by atoms with van der Waals surface area (Å²) in [6, 6.07) is 8.46. The summed E-state index contributed by atoms with van der Waals surface area (Å²) in [6.07, 6.45) is 5.84. The first-order chi connectivity index (χ1) is 12.2. The van der Waals surface area contributed by atoms with Crippen molar-refractivity contribution in [2.24, 2.45) is 5.92 Å². The fraction of sp³-hybridized carbons (Fsp3) is 0.500. The summed E-state index contributed by atoms with van der Waals surface area (Å²) in [7, 11) is 0. The van der Waals surface area contributed by atoms with Crippen LogP contribution in [0.25, 0.3) is 0 Å². The van der Waals surface area contributed by atoms with Crippen LogP contribution in [0.1, 0.15) is 54.4 Å². The number of piperidine rings is 1. The molecule has 0 radical (unpaired) electrons. The number of aromatic nitrogens is 1. The van der Waals surface area contributed by atoms with Crippen molar-refractivity contribution in [3.63, 3.8) is 0 Å². The number of hydrogen-bond acceptors (Lipinski definition) is 3. The van der Waals surface area contributed by atoms with Gasteiger partial charge in [0.1, 0.15) is 11.6 Å². The largest absolute Gasteiger partial charge is 0.361 e. The first-order valence-electron chi connectivity index (χ1n) is 9.15. The highest BCUT2D eigenvalue weighted by molar-refractivity contribution is 5.92. The number of carbonyl (C=O) groups excluding carboxylic acids is 1. The molecule has 2 heterocycles. The minimum absolute atomic E-state index is 0.0300. The molecule has 1 atom stereocenters. The van der Waals surface area contributed by atoms with Crippen LogP contribution < -0.4 is 0 Å². The van der Waals surface area contributed by atoms with Crippen LogP contribution >= 0.6 is 0 Å². The van der Waals surface area contributed by atoms with Gasteiger partial charge in [0.05, 0.1) is 0 Å². The molecular weight excluding hydrogens is 319 g/mol. The van der Waals surface area contributed by atoms with Crippen molar-refractivity contribution < 1.29 is 13.7 Å². The molecule has 0 bridgehead atoms. The monoisotopic (exact) mass is 344 g/mol. The molecule has 1 aromatic heterocycles. The van der Waals surface area contributed by atoms with E-state index >= 15 is 0 Å². The van der Waals surface area contributed by atoms with Gasteiger partial charge in [0.25, 0.3) is 5.91 Å². The summed E-state index contributed by atoms with van der Waals surface area (Å²) in [6.45, 7) is 3.61. The average Bonchev–Trinajstić information content (AvgIpc) is 3.10. The summed E-state index contributed by atoms with van der Waals surface area (Å²) in [4.78, 5) is 14.5. The van der Waals surface area contributed by atoms with Gasteiger partial charge in [-0.05, 0) is 55.7 Å². The molecule has 5 heteroatoms. The molecule has 1 fully saturated rings. The molecule has 1 aromatic carbocycles. The maximum atomic E-state index is 13.0. The van der Waals surface area contributed by atoms with E-state index in [0.29, 0.717) is 11.6 Å². The summed E-state index contributed by atoms with van der Waals surface area (Å²) >= 11 is 0. The fourth-order valence-corrected chi connectivity index (χ4v) is 3.45. The summed E-state index contributed by atoms with van der Waals surface area (Å²) in [5.41, 5.74) is 1.56. The zero-order valence-electron chi connectivity index (χ0n) is 14.7. The zero-order valence-corrected chi connectivity index (χ0v) is 14.7. The van der Waals surface area contributed by atoms with Gasteiger partial charge in [-0.3, -0.25) is 4.79 Å². The van der Waals surface area contributed by atoms with Gasteiger partial charge in [-0.2, -0.15) is 0 Å². The molecule has 134 valence electrons. The Labute approximate surface area is 148 Å². The Morgan fingerprint density at radius 3 is 2.88 bits per heavy atom. The maximum absolute atomic E-state index is 13.0. The van der Waals surface area contributed by atoms with Crippen LogP contribution in [0.2, 0.25) is 0 Å². The van der Waals surface area contributed by atoms with Crippen molar-refractivity contribution in [2.45, 2.75) is 45.4 Å². The summed E-state index contributed by atoms with van der Waals surface area (Å²) in [5, 5.41) is 3.94. The number of benzene rings is 1. The van der Waals surface area contributed by atoms with Gasteiger partial charge in [0, 0.05) is 25.6 Å². The molecule has 1 unspecified atom stereocenters. The van der Waals surface area contributed by atoms with Crippen LogP contribution in [-0.2, 0) is 12.8 Å². The number of nitrogens with zero attached hydrogens (tertiary/aromatic N) is 2.